The third kappa shape index (κ3) is 2.76. The number of carbonyl (C=O) groups excluding carboxylic acids is 1. The van der Waals surface area contributed by atoms with E-state index >= 15 is 0 Å². The lowest BCUT2D eigenvalue weighted by molar-refractivity contribution is -0.121. The Bertz CT molecular complexity index is 743. The van der Waals surface area contributed by atoms with E-state index in [9.17, 15) is 4.79 Å². The Hall–Kier alpha value is -1.94. The maximum atomic E-state index is 12.2. The number of ketones is 1. The number of benzene rings is 1. The average molecular weight is 298 g/mol. The Morgan fingerprint density at radius 2 is 2.19 bits per heavy atom. The molecule has 0 saturated carbocycles. The summed E-state index contributed by atoms with van der Waals surface area (Å²) in [5.74, 6) is 0.412. The van der Waals surface area contributed by atoms with E-state index in [-0.39, 0.29) is 5.92 Å². The number of nitrogens with zero attached hydrogens (tertiary/aromatic N) is 2. The van der Waals surface area contributed by atoms with Gasteiger partial charge in [-0.25, -0.2) is 4.98 Å². The summed E-state index contributed by atoms with van der Waals surface area (Å²) in [6, 6.07) is 8.07. The van der Waals surface area contributed by atoms with E-state index in [0.29, 0.717) is 12.2 Å². The van der Waals surface area contributed by atoms with E-state index in [2.05, 4.69) is 11.9 Å². The van der Waals surface area contributed by atoms with E-state index in [1.165, 1.54) is 0 Å². The van der Waals surface area contributed by atoms with Gasteiger partial charge in [-0.05, 0) is 12.0 Å². The van der Waals surface area contributed by atoms with Gasteiger partial charge in [-0.1, -0.05) is 38.1 Å². The van der Waals surface area contributed by atoms with Gasteiger partial charge >= 0.3 is 0 Å². The van der Waals surface area contributed by atoms with Gasteiger partial charge in [0.15, 0.2) is 4.96 Å². The van der Waals surface area contributed by atoms with Crippen LogP contribution in [0.5, 0.6) is 0 Å². The Morgan fingerprint density at radius 3 is 2.95 bits per heavy atom. The first kappa shape index (κ1) is 14.0. The molecule has 0 bridgehead atoms. The van der Waals surface area contributed by atoms with Gasteiger partial charge in [-0.3, -0.25) is 9.20 Å². The number of Topliss-reactive ketones (excluding diaryl/α,β-unsaturated/α-hetero) is 1. The van der Waals surface area contributed by atoms with Crippen LogP contribution in [0.15, 0.2) is 42.0 Å². The highest BCUT2D eigenvalue weighted by atomic mass is 32.1. The molecule has 21 heavy (non-hydrogen) atoms. The first-order valence-electron chi connectivity index (χ1n) is 7.22. The quantitative estimate of drug-likeness (QED) is 0.706. The minimum Gasteiger partial charge on any atom is -0.299 e. The summed E-state index contributed by atoms with van der Waals surface area (Å²) in [6.07, 6.45) is 5.40. The molecule has 0 aliphatic rings. The zero-order chi connectivity index (χ0) is 14.8. The summed E-state index contributed by atoms with van der Waals surface area (Å²) in [4.78, 5) is 17.9. The first-order chi connectivity index (χ1) is 10.2. The van der Waals surface area contributed by atoms with Gasteiger partial charge < -0.3 is 0 Å². The minimum atomic E-state index is 0.114. The number of carbonyl (C=O) groups is 1. The summed E-state index contributed by atoms with van der Waals surface area (Å²) >= 11 is 1.62. The maximum Gasteiger partial charge on any atom is 0.194 e. The molecule has 3 rings (SSSR count). The van der Waals surface area contributed by atoms with Crippen molar-refractivity contribution in [2.45, 2.75) is 26.7 Å². The smallest absolute Gasteiger partial charge is 0.194 e. The first-order valence-corrected chi connectivity index (χ1v) is 8.10. The van der Waals surface area contributed by atoms with Crippen LogP contribution in [0.1, 0.15) is 25.8 Å². The molecule has 0 spiro atoms. The molecule has 0 aliphatic carbocycles. The zero-order valence-corrected chi connectivity index (χ0v) is 13.1. The van der Waals surface area contributed by atoms with E-state index in [1.54, 1.807) is 11.3 Å². The molecule has 0 amide bonds. The fourth-order valence-corrected chi connectivity index (χ4v) is 3.07. The molecule has 0 aliphatic heterocycles. The molecule has 108 valence electrons. The fraction of sp³-hybridized carbons (Fsp3) is 0.294. The third-order valence-corrected chi connectivity index (χ3v) is 4.68. The lowest BCUT2D eigenvalue weighted by atomic mass is 9.94. The highest BCUT2D eigenvalue weighted by molar-refractivity contribution is 7.15. The van der Waals surface area contributed by atoms with E-state index in [0.717, 1.165) is 28.2 Å². The van der Waals surface area contributed by atoms with Gasteiger partial charge in [0.2, 0.25) is 0 Å². The second-order valence-corrected chi connectivity index (χ2v) is 6.20. The number of fused-ring (bicyclic) bond motifs is 1. The van der Waals surface area contributed by atoms with Crippen molar-refractivity contribution in [3.8, 4) is 11.3 Å². The van der Waals surface area contributed by atoms with Crippen LogP contribution in [0.25, 0.3) is 16.2 Å². The van der Waals surface area contributed by atoms with Crippen LogP contribution >= 0.6 is 11.3 Å². The topological polar surface area (TPSA) is 34.4 Å². The maximum absolute atomic E-state index is 12.2. The molecule has 3 nitrogen and oxygen atoms in total. The van der Waals surface area contributed by atoms with Crippen LogP contribution in [0, 0.1) is 5.92 Å². The standard InChI is InChI=1S/C17H18N2OS/c1-3-12(2)16(20)10-13-6-4-5-7-14(13)15-11-19-8-9-21-17(19)18-15/h4-9,11-12H,3,10H2,1-2H3. The molecule has 1 aromatic carbocycles. The lowest BCUT2D eigenvalue weighted by Crippen LogP contribution is -2.13. The third-order valence-electron chi connectivity index (χ3n) is 3.91. The Labute approximate surface area is 128 Å². The molecule has 0 fully saturated rings. The van der Waals surface area contributed by atoms with E-state index < -0.39 is 0 Å². The molecular weight excluding hydrogens is 280 g/mol. The van der Waals surface area contributed by atoms with E-state index in [1.807, 2.05) is 53.4 Å². The number of hydrogen-bond acceptors (Lipinski definition) is 3. The number of hydrogen-bond donors (Lipinski definition) is 0. The fourth-order valence-electron chi connectivity index (χ4n) is 2.37. The summed E-state index contributed by atoms with van der Waals surface area (Å²) in [6.45, 7) is 4.05. The number of rotatable bonds is 5. The molecule has 2 aromatic heterocycles. The van der Waals surface area contributed by atoms with Gasteiger partial charge in [-0.2, -0.15) is 0 Å². The van der Waals surface area contributed by atoms with Crippen LogP contribution in [0.4, 0.5) is 0 Å². The highest BCUT2D eigenvalue weighted by Crippen LogP contribution is 2.26. The minimum absolute atomic E-state index is 0.114. The Morgan fingerprint density at radius 1 is 1.38 bits per heavy atom. The number of thiazole rings is 1. The predicted octanol–water partition coefficient (Wildman–Crippen LogP) is 4.22. The Kier molecular flexibility index (Phi) is 3.88. The summed E-state index contributed by atoms with van der Waals surface area (Å²) in [7, 11) is 0. The molecule has 1 unspecified atom stereocenters. The monoisotopic (exact) mass is 298 g/mol. The molecule has 1 atom stereocenters. The molecule has 0 saturated heterocycles. The zero-order valence-electron chi connectivity index (χ0n) is 12.2. The second kappa shape index (κ2) is 5.82. The summed E-state index contributed by atoms with van der Waals surface area (Å²) < 4.78 is 2.02. The second-order valence-electron chi connectivity index (χ2n) is 5.33. The number of aromatic nitrogens is 2. The van der Waals surface area contributed by atoms with Crippen molar-refractivity contribution in [1.82, 2.24) is 9.38 Å². The predicted molar refractivity (Wildman–Crippen MR) is 86.7 cm³/mol. The van der Waals surface area contributed by atoms with Crippen molar-refractivity contribution in [2.24, 2.45) is 5.92 Å². The Balaban J connectivity index is 1.96. The number of imidazole rings is 1. The molecule has 2 heterocycles. The van der Waals surface area contributed by atoms with E-state index in [4.69, 9.17) is 0 Å². The van der Waals surface area contributed by atoms with Gasteiger partial charge in [-0.15, -0.1) is 11.3 Å². The molecular formula is C17H18N2OS. The average Bonchev–Trinajstić information content (AvgIpc) is 3.08. The molecule has 3 aromatic rings. The van der Waals surface area contributed by atoms with Crippen molar-refractivity contribution in [3.05, 3.63) is 47.6 Å². The van der Waals surface area contributed by atoms with Crippen LogP contribution in [-0.4, -0.2) is 15.2 Å². The van der Waals surface area contributed by atoms with Crippen molar-refractivity contribution < 1.29 is 4.79 Å². The molecule has 0 N–H and O–H groups in total. The normalized spacial score (nSPS) is 12.7. The van der Waals surface area contributed by atoms with Crippen LogP contribution in [-0.2, 0) is 11.2 Å². The van der Waals surface area contributed by atoms with Crippen molar-refractivity contribution in [2.75, 3.05) is 0 Å². The molecule has 0 radical (unpaired) electrons. The van der Waals surface area contributed by atoms with Gasteiger partial charge in [0, 0.05) is 35.7 Å². The van der Waals surface area contributed by atoms with Crippen LogP contribution in [0.2, 0.25) is 0 Å². The SMILES string of the molecule is CCC(C)C(=O)Cc1ccccc1-c1cn2ccsc2n1. The van der Waals surface area contributed by atoms with Gasteiger partial charge in [0.1, 0.15) is 5.78 Å². The van der Waals surface area contributed by atoms with Crippen molar-refractivity contribution >= 4 is 22.1 Å². The van der Waals surface area contributed by atoms with Crippen LogP contribution in [0.3, 0.4) is 0 Å². The van der Waals surface area contributed by atoms with Crippen LogP contribution < -0.4 is 0 Å². The van der Waals surface area contributed by atoms with Gasteiger partial charge in [0.25, 0.3) is 0 Å². The highest BCUT2D eigenvalue weighted by Gasteiger charge is 2.15. The summed E-state index contributed by atoms with van der Waals surface area (Å²) in [5, 5.41) is 2.02. The summed E-state index contributed by atoms with van der Waals surface area (Å²) in [5.41, 5.74) is 3.06. The van der Waals surface area contributed by atoms with Crippen molar-refractivity contribution in [1.29, 1.82) is 0 Å². The van der Waals surface area contributed by atoms with Crippen molar-refractivity contribution in [3.63, 3.8) is 0 Å². The molecule has 4 heteroatoms. The largest absolute Gasteiger partial charge is 0.299 e. The lowest BCUT2D eigenvalue weighted by Gasteiger charge is -2.10. The van der Waals surface area contributed by atoms with Gasteiger partial charge in [0.05, 0.1) is 5.69 Å².